The molecule has 0 saturated carbocycles. The maximum absolute atomic E-state index is 14.0. The number of nitrogens with one attached hydrogen (secondary N) is 2. The number of allylic oxidation sites excluding steroid dienone is 2. The van der Waals surface area contributed by atoms with Gasteiger partial charge in [0.2, 0.25) is 5.91 Å². The van der Waals surface area contributed by atoms with Gasteiger partial charge in [0.05, 0.1) is 26.3 Å². The molecule has 4 aliphatic rings. The molecule has 0 aliphatic carbocycles. The van der Waals surface area contributed by atoms with E-state index in [2.05, 4.69) is 47.0 Å². The smallest absolute Gasteiger partial charge is 0.407 e. The Balaban J connectivity index is 0.821. The highest BCUT2D eigenvalue weighted by Gasteiger charge is 2.39. The van der Waals surface area contributed by atoms with Crippen LogP contribution in [0.3, 0.4) is 0 Å². The van der Waals surface area contributed by atoms with E-state index in [0.29, 0.717) is 37.1 Å². The summed E-state index contributed by atoms with van der Waals surface area (Å²) in [7, 11) is 2.58. The first kappa shape index (κ1) is 40.7. The van der Waals surface area contributed by atoms with E-state index >= 15 is 0 Å². The minimum absolute atomic E-state index is 0.135. The number of benzene rings is 3. The molecule has 0 spiro atoms. The summed E-state index contributed by atoms with van der Waals surface area (Å²) in [4.78, 5) is 68.0. The lowest BCUT2D eigenvalue weighted by Gasteiger charge is -2.29. The highest BCUT2D eigenvalue weighted by Crippen LogP contribution is 2.43. The number of alkyl carbamates (subject to hydrolysis) is 2. The molecule has 3 aromatic carbocycles. The van der Waals surface area contributed by atoms with Crippen molar-refractivity contribution in [1.82, 2.24) is 20.4 Å². The van der Waals surface area contributed by atoms with Crippen LogP contribution in [-0.2, 0) is 19.1 Å². The van der Waals surface area contributed by atoms with Gasteiger partial charge in [-0.25, -0.2) is 9.59 Å². The SMILES string of the molecule is COC(=O)N[C@@H](C(=O)N1CC=C[C@H]1C1=NC=C(c2ccc(-c3cc4sc(C5=CN=C([C@@H]6CCCN6C(=O)[C@H](NC(=O)OC)c6ccccc6)C5)cc4s3)cc2)C1)c1ccccc1. The molecule has 1 saturated heterocycles. The van der Waals surface area contributed by atoms with E-state index in [-0.39, 0.29) is 23.9 Å². The van der Waals surface area contributed by atoms with E-state index in [9.17, 15) is 19.2 Å². The third kappa shape index (κ3) is 8.23. The maximum Gasteiger partial charge on any atom is 0.407 e. The zero-order valence-corrected chi connectivity index (χ0v) is 35.8. The van der Waals surface area contributed by atoms with Crippen molar-refractivity contribution >= 4 is 78.6 Å². The minimum Gasteiger partial charge on any atom is -0.453 e. The molecule has 6 heterocycles. The molecule has 0 bridgehead atoms. The standard InChI is InChI=1S/C48H44N6O6S2/c1-59-47(57)51-43(31-11-5-3-6-12-31)45(55)53-21-9-15-37(53)35-23-33(27-49-35)29-17-19-30(20-18-29)39-25-41-42(61-39)26-40(62-41)34-24-36(50-28-34)38-16-10-22-54(38)46(56)44(52-48(58)60-2)32-13-7-4-8-14-32/h3-9,11-15,17-20,25-28,37-38,43-44H,10,16,21-24H2,1-2H3,(H,51,57)(H,52,58)/t37-,38-,43+,44+/m0/s1. The second-order valence-corrected chi connectivity index (χ2v) is 17.6. The fourth-order valence-corrected chi connectivity index (χ4v) is 11.0. The summed E-state index contributed by atoms with van der Waals surface area (Å²) >= 11 is 3.52. The molecule has 4 atom stereocenters. The van der Waals surface area contributed by atoms with Crippen LogP contribution in [0.15, 0.2) is 132 Å². The van der Waals surface area contributed by atoms with Crippen LogP contribution in [0.2, 0.25) is 0 Å². The Bertz CT molecular complexity index is 2650. The molecular formula is C48H44N6O6S2. The summed E-state index contributed by atoms with van der Waals surface area (Å²) in [5, 5.41) is 5.45. The second kappa shape index (κ2) is 17.8. The number of thiophene rings is 2. The van der Waals surface area contributed by atoms with E-state index in [1.807, 2.05) is 90.1 Å². The van der Waals surface area contributed by atoms with Crippen LogP contribution < -0.4 is 10.6 Å². The zero-order valence-electron chi connectivity index (χ0n) is 34.2. The van der Waals surface area contributed by atoms with Gasteiger partial charge in [-0.05, 0) is 58.4 Å². The van der Waals surface area contributed by atoms with E-state index in [0.717, 1.165) is 46.5 Å². The number of rotatable bonds is 11. The number of ether oxygens (including phenoxy) is 2. The summed E-state index contributed by atoms with van der Waals surface area (Å²) in [5.41, 5.74) is 7.66. The second-order valence-electron chi connectivity index (χ2n) is 15.4. The Morgan fingerprint density at radius 1 is 0.677 bits per heavy atom. The van der Waals surface area contributed by atoms with Crippen molar-refractivity contribution < 1.29 is 28.7 Å². The van der Waals surface area contributed by atoms with E-state index in [1.54, 1.807) is 27.6 Å². The van der Waals surface area contributed by atoms with E-state index < -0.39 is 24.3 Å². The zero-order chi connectivity index (χ0) is 42.7. The maximum atomic E-state index is 14.0. The van der Waals surface area contributed by atoms with Crippen LogP contribution in [0.25, 0.3) is 31.0 Å². The predicted octanol–water partition coefficient (Wildman–Crippen LogP) is 8.95. The van der Waals surface area contributed by atoms with Crippen molar-refractivity contribution in [3.8, 4) is 10.4 Å². The first-order chi connectivity index (χ1) is 30.3. The highest BCUT2D eigenvalue weighted by molar-refractivity contribution is 7.30. The van der Waals surface area contributed by atoms with Gasteiger partial charge in [-0.3, -0.25) is 19.6 Å². The number of fused-ring (bicyclic) bond motifs is 1. The fourth-order valence-electron chi connectivity index (χ4n) is 8.56. The quantitative estimate of drug-likeness (QED) is 0.127. The van der Waals surface area contributed by atoms with Crippen molar-refractivity contribution in [3.63, 3.8) is 0 Å². The Morgan fingerprint density at radius 3 is 1.87 bits per heavy atom. The number of carbonyl (C=O) groups excluding carboxylic acids is 4. The lowest BCUT2D eigenvalue weighted by Crippen LogP contribution is -2.47. The van der Waals surface area contributed by atoms with Gasteiger partial charge in [0.15, 0.2) is 0 Å². The third-order valence-electron chi connectivity index (χ3n) is 11.7. The molecule has 4 aliphatic heterocycles. The molecule has 2 N–H and O–H groups in total. The monoisotopic (exact) mass is 864 g/mol. The molecule has 14 heteroatoms. The van der Waals surface area contributed by atoms with Gasteiger partial charge in [0.25, 0.3) is 5.91 Å². The molecule has 314 valence electrons. The van der Waals surface area contributed by atoms with Gasteiger partial charge >= 0.3 is 12.2 Å². The molecule has 12 nitrogen and oxygen atoms in total. The number of hydrogen-bond donors (Lipinski definition) is 2. The summed E-state index contributed by atoms with van der Waals surface area (Å²) in [6, 6.07) is 29.3. The number of methoxy groups -OCH3 is 2. The molecule has 5 aromatic rings. The van der Waals surface area contributed by atoms with E-state index in [1.165, 1.54) is 33.4 Å². The number of carbonyl (C=O) groups is 4. The Morgan fingerprint density at radius 2 is 1.23 bits per heavy atom. The van der Waals surface area contributed by atoms with Crippen LogP contribution in [0.4, 0.5) is 9.59 Å². The highest BCUT2D eigenvalue weighted by atomic mass is 32.1. The Labute approximate surface area is 367 Å². The van der Waals surface area contributed by atoms with E-state index in [4.69, 9.17) is 19.5 Å². The molecule has 0 radical (unpaired) electrons. The van der Waals surface area contributed by atoms with Crippen LogP contribution in [0.1, 0.15) is 59.3 Å². The van der Waals surface area contributed by atoms with Crippen molar-refractivity contribution in [2.45, 2.75) is 49.9 Å². The van der Waals surface area contributed by atoms with Gasteiger partial charge < -0.3 is 29.9 Å². The normalized spacial score (nSPS) is 19.1. The van der Waals surface area contributed by atoms with Gasteiger partial charge in [-0.2, -0.15) is 0 Å². The number of aliphatic imine (C=N–C) groups is 2. The van der Waals surface area contributed by atoms with Crippen molar-refractivity contribution in [2.75, 3.05) is 27.3 Å². The summed E-state index contributed by atoms with van der Waals surface area (Å²) in [6.07, 6.45) is 9.44. The first-order valence-corrected chi connectivity index (χ1v) is 22.1. The lowest BCUT2D eigenvalue weighted by atomic mass is 9.98. The number of nitrogens with zero attached hydrogens (tertiary/aromatic N) is 4. The predicted molar refractivity (Wildman–Crippen MR) is 244 cm³/mol. The number of amides is 4. The van der Waals surface area contributed by atoms with Gasteiger partial charge in [0, 0.05) is 68.9 Å². The average molecular weight is 865 g/mol. The van der Waals surface area contributed by atoms with Gasteiger partial charge in [-0.15, -0.1) is 22.7 Å². The van der Waals surface area contributed by atoms with Gasteiger partial charge in [-0.1, -0.05) is 97.1 Å². The summed E-state index contributed by atoms with van der Waals surface area (Å²) in [5.74, 6) is -0.394. The largest absolute Gasteiger partial charge is 0.453 e. The van der Waals surface area contributed by atoms with Gasteiger partial charge in [0.1, 0.15) is 12.1 Å². The van der Waals surface area contributed by atoms with Crippen molar-refractivity contribution in [2.24, 2.45) is 9.98 Å². The molecule has 4 amide bonds. The average Bonchev–Trinajstić information content (AvgIpc) is 4.17. The van der Waals surface area contributed by atoms with Crippen LogP contribution in [0, 0.1) is 0 Å². The van der Waals surface area contributed by atoms with Crippen molar-refractivity contribution in [3.05, 3.63) is 143 Å². The molecule has 0 unspecified atom stereocenters. The third-order valence-corrected chi connectivity index (χ3v) is 14.2. The Hall–Kier alpha value is -6.64. The first-order valence-electron chi connectivity index (χ1n) is 20.5. The number of hydrogen-bond acceptors (Lipinski definition) is 10. The molecule has 1 fully saturated rings. The topological polar surface area (TPSA) is 142 Å². The lowest BCUT2D eigenvalue weighted by molar-refractivity contribution is -0.133. The molecule has 9 rings (SSSR count). The molecule has 62 heavy (non-hydrogen) atoms. The minimum atomic E-state index is -0.889. The summed E-state index contributed by atoms with van der Waals surface area (Å²) < 4.78 is 12.1. The number of likely N-dealkylation sites (tertiary alicyclic amines) is 1. The summed E-state index contributed by atoms with van der Waals surface area (Å²) in [6.45, 7) is 1.02. The van der Waals surface area contributed by atoms with Crippen LogP contribution >= 0.6 is 22.7 Å². The van der Waals surface area contributed by atoms with Crippen LogP contribution in [0.5, 0.6) is 0 Å². The fraction of sp³-hybridized carbons (Fsp3) is 0.250. The molecular weight excluding hydrogens is 821 g/mol. The Kier molecular flexibility index (Phi) is 11.7. The van der Waals surface area contributed by atoms with Crippen LogP contribution in [-0.4, -0.2) is 84.6 Å². The molecule has 2 aromatic heterocycles. The van der Waals surface area contributed by atoms with Crippen molar-refractivity contribution in [1.29, 1.82) is 0 Å².